The van der Waals surface area contributed by atoms with Crippen LogP contribution in [0.15, 0.2) is 59.1 Å². The maximum Gasteiger partial charge on any atom is 0.307 e. The first kappa shape index (κ1) is 17.6. The number of hydrogen-bond acceptors (Lipinski definition) is 2. The van der Waals surface area contributed by atoms with E-state index in [1.54, 1.807) is 18.2 Å². The summed E-state index contributed by atoms with van der Waals surface area (Å²) < 4.78 is 39.7. The van der Waals surface area contributed by atoms with Crippen LogP contribution in [0.2, 0.25) is 10.0 Å². The van der Waals surface area contributed by atoms with Gasteiger partial charge in [-0.25, -0.2) is 8.78 Å². The molecule has 0 saturated carbocycles. The molecule has 1 aliphatic heterocycles. The van der Waals surface area contributed by atoms with Crippen molar-refractivity contribution < 1.29 is 18.3 Å². The average Bonchev–Trinajstić information content (AvgIpc) is 2.95. The first-order chi connectivity index (χ1) is 12.4. The van der Waals surface area contributed by atoms with Gasteiger partial charge in [-0.3, -0.25) is 0 Å². The van der Waals surface area contributed by atoms with Crippen molar-refractivity contribution in [3.05, 3.63) is 91.9 Å². The van der Waals surface area contributed by atoms with Gasteiger partial charge < -0.3 is 9.47 Å². The Bertz CT molecular complexity index is 978. The van der Waals surface area contributed by atoms with Crippen molar-refractivity contribution in [3.63, 3.8) is 0 Å². The molecule has 0 aromatic heterocycles. The second-order valence-corrected chi connectivity index (χ2v) is 7.36. The van der Waals surface area contributed by atoms with Gasteiger partial charge in [-0.05, 0) is 58.4 Å². The van der Waals surface area contributed by atoms with E-state index < -0.39 is 17.4 Å². The van der Waals surface area contributed by atoms with Gasteiger partial charge in [0.05, 0.1) is 15.1 Å². The zero-order valence-electron chi connectivity index (χ0n) is 12.9. The lowest BCUT2D eigenvalue weighted by molar-refractivity contribution is -0.0459. The Labute approximate surface area is 166 Å². The van der Waals surface area contributed by atoms with E-state index in [4.69, 9.17) is 32.7 Å². The molecule has 0 fully saturated rings. The summed E-state index contributed by atoms with van der Waals surface area (Å²) in [6, 6.07) is 13.2. The summed E-state index contributed by atoms with van der Waals surface area (Å²) in [4.78, 5) is 0. The highest BCUT2D eigenvalue weighted by Crippen LogP contribution is 2.50. The Balaban J connectivity index is 1.93. The molecule has 2 nitrogen and oxygen atoms in total. The number of benzene rings is 3. The molecule has 4 rings (SSSR count). The Morgan fingerprint density at radius 2 is 1.50 bits per heavy atom. The maximum absolute atomic E-state index is 13.9. The SMILES string of the molecule is Fc1ccc([C@@]2(c3ccc(Cl)cc3Cl)Oc3cc(F)c(Br)cc3O2)cc1. The molecular formula is C19H9BrCl2F2O2. The van der Waals surface area contributed by atoms with Crippen molar-refractivity contribution in [1.29, 1.82) is 0 Å². The molecule has 7 heteroatoms. The van der Waals surface area contributed by atoms with Crippen LogP contribution in [0.4, 0.5) is 8.78 Å². The van der Waals surface area contributed by atoms with Gasteiger partial charge in [0.15, 0.2) is 11.5 Å². The lowest BCUT2D eigenvalue weighted by atomic mass is 9.97. The van der Waals surface area contributed by atoms with Crippen LogP contribution in [-0.2, 0) is 5.79 Å². The van der Waals surface area contributed by atoms with Crippen LogP contribution in [0.1, 0.15) is 11.1 Å². The Hall–Kier alpha value is -1.82. The third kappa shape index (κ3) is 2.84. The number of halogens is 5. The summed E-state index contributed by atoms with van der Waals surface area (Å²) in [6.45, 7) is 0. The number of rotatable bonds is 2. The fraction of sp³-hybridized carbons (Fsp3) is 0.0526. The lowest BCUT2D eigenvalue weighted by Gasteiger charge is -2.29. The highest BCUT2D eigenvalue weighted by atomic mass is 79.9. The zero-order valence-corrected chi connectivity index (χ0v) is 16.0. The van der Waals surface area contributed by atoms with E-state index in [1.807, 2.05) is 0 Å². The van der Waals surface area contributed by atoms with Gasteiger partial charge in [-0.2, -0.15) is 0 Å². The molecule has 1 aliphatic rings. The molecule has 1 atom stereocenters. The summed E-state index contributed by atoms with van der Waals surface area (Å²) in [5.74, 6) is -1.86. The van der Waals surface area contributed by atoms with Crippen LogP contribution in [0, 0.1) is 11.6 Å². The smallest absolute Gasteiger partial charge is 0.307 e. The van der Waals surface area contributed by atoms with E-state index in [1.165, 1.54) is 36.4 Å². The average molecular weight is 458 g/mol. The minimum absolute atomic E-state index is 0.209. The van der Waals surface area contributed by atoms with Gasteiger partial charge in [-0.15, -0.1) is 0 Å². The Morgan fingerprint density at radius 1 is 0.846 bits per heavy atom. The molecule has 26 heavy (non-hydrogen) atoms. The van der Waals surface area contributed by atoms with Gasteiger partial charge in [0.25, 0.3) is 0 Å². The molecule has 0 N–H and O–H groups in total. The third-order valence-corrected chi connectivity index (χ3v) is 5.16. The van der Waals surface area contributed by atoms with E-state index in [2.05, 4.69) is 15.9 Å². The molecule has 0 radical (unpaired) electrons. The molecular weight excluding hydrogens is 449 g/mol. The Kier molecular flexibility index (Phi) is 4.34. The van der Waals surface area contributed by atoms with E-state index in [0.717, 1.165) is 0 Å². The van der Waals surface area contributed by atoms with Crippen molar-refractivity contribution in [2.75, 3.05) is 0 Å². The molecule has 0 amide bonds. The van der Waals surface area contributed by atoms with Crippen molar-refractivity contribution in [2.45, 2.75) is 5.79 Å². The van der Waals surface area contributed by atoms with Gasteiger partial charge >= 0.3 is 5.79 Å². The highest BCUT2D eigenvalue weighted by Gasteiger charge is 2.47. The molecule has 1 heterocycles. The van der Waals surface area contributed by atoms with Gasteiger partial charge in [0.2, 0.25) is 0 Å². The zero-order chi connectivity index (χ0) is 18.5. The second-order valence-electron chi connectivity index (χ2n) is 5.66. The normalized spacial score (nSPS) is 18.2. The van der Waals surface area contributed by atoms with E-state index in [0.29, 0.717) is 26.9 Å². The van der Waals surface area contributed by atoms with Crippen molar-refractivity contribution >= 4 is 39.1 Å². The van der Waals surface area contributed by atoms with Gasteiger partial charge in [-0.1, -0.05) is 23.2 Å². The van der Waals surface area contributed by atoms with Crippen LogP contribution in [0.3, 0.4) is 0 Å². The summed E-state index contributed by atoms with van der Waals surface area (Å²) in [5, 5.41) is 0.742. The number of hydrogen-bond donors (Lipinski definition) is 0. The minimum Gasteiger partial charge on any atom is -0.440 e. The lowest BCUT2D eigenvalue weighted by Crippen LogP contribution is -2.37. The first-order valence-corrected chi connectivity index (χ1v) is 9.02. The van der Waals surface area contributed by atoms with Crippen LogP contribution in [-0.4, -0.2) is 0 Å². The molecule has 3 aromatic rings. The predicted octanol–water partition coefficient (Wildman–Crippen LogP) is 6.71. The van der Waals surface area contributed by atoms with Gasteiger partial charge in [0.1, 0.15) is 11.6 Å². The Morgan fingerprint density at radius 3 is 2.15 bits per heavy atom. The molecule has 0 aliphatic carbocycles. The third-order valence-electron chi connectivity index (χ3n) is 4.00. The summed E-state index contributed by atoms with van der Waals surface area (Å²) in [5.41, 5.74) is 0.957. The van der Waals surface area contributed by atoms with Crippen LogP contribution in [0.5, 0.6) is 11.5 Å². The fourth-order valence-corrected chi connectivity index (χ4v) is 3.66. The number of ether oxygens (including phenoxy) is 2. The monoisotopic (exact) mass is 456 g/mol. The molecule has 0 unspecified atom stereocenters. The standard InChI is InChI=1S/C19H9BrCl2F2O2/c20-14-8-17-18(9-16(14)24)26-19(25-17,10-1-4-12(23)5-2-10)13-6-3-11(21)7-15(13)22/h1-9H/t19-/m0/s1. The van der Waals surface area contributed by atoms with Crippen LogP contribution in [0.25, 0.3) is 0 Å². The molecule has 3 aromatic carbocycles. The minimum atomic E-state index is -1.50. The summed E-state index contributed by atoms with van der Waals surface area (Å²) >= 11 is 15.5. The second kappa shape index (κ2) is 6.41. The highest BCUT2D eigenvalue weighted by molar-refractivity contribution is 9.10. The van der Waals surface area contributed by atoms with Crippen molar-refractivity contribution in [1.82, 2.24) is 0 Å². The molecule has 0 bridgehead atoms. The number of fused-ring (bicyclic) bond motifs is 1. The van der Waals surface area contributed by atoms with E-state index in [-0.39, 0.29) is 10.2 Å². The largest absolute Gasteiger partial charge is 0.440 e. The fourth-order valence-electron chi connectivity index (χ4n) is 2.81. The van der Waals surface area contributed by atoms with Crippen molar-refractivity contribution in [2.24, 2.45) is 0 Å². The quantitative estimate of drug-likeness (QED) is 0.426. The maximum atomic E-state index is 13.9. The topological polar surface area (TPSA) is 18.5 Å². The van der Waals surface area contributed by atoms with E-state index >= 15 is 0 Å². The molecule has 0 saturated heterocycles. The van der Waals surface area contributed by atoms with E-state index in [9.17, 15) is 8.78 Å². The summed E-state index contributed by atoms with van der Waals surface area (Å²) in [6.07, 6.45) is 0. The molecule has 0 spiro atoms. The van der Waals surface area contributed by atoms with Crippen LogP contribution < -0.4 is 9.47 Å². The first-order valence-electron chi connectivity index (χ1n) is 7.48. The van der Waals surface area contributed by atoms with Crippen LogP contribution >= 0.6 is 39.1 Å². The molecule has 132 valence electrons. The predicted molar refractivity (Wildman–Crippen MR) is 99.0 cm³/mol. The van der Waals surface area contributed by atoms with Gasteiger partial charge in [0, 0.05) is 22.7 Å². The summed E-state index contributed by atoms with van der Waals surface area (Å²) in [7, 11) is 0. The van der Waals surface area contributed by atoms with Crippen molar-refractivity contribution in [3.8, 4) is 11.5 Å².